The van der Waals surface area contributed by atoms with E-state index in [4.69, 9.17) is 4.74 Å². The maximum absolute atomic E-state index is 12.7. The van der Waals surface area contributed by atoms with Gasteiger partial charge >= 0.3 is 5.97 Å². The van der Waals surface area contributed by atoms with E-state index >= 15 is 0 Å². The molecule has 2 aromatic rings. The number of carbonyl (C=O) groups excluding carboxylic acids is 3. The Bertz CT molecular complexity index is 1030. The minimum absolute atomic E-state index is 0.0119. The van der Waals surface area contributed by atoms with Gasteiger partial charge in [-0.25, -0.2) is 0 Å². The fourth-order valence-electron chi connectivity index (χ4n) is 3.33. The molecule has 31 heavy (non-hydrogen) atoms. The molecule has 1 heterocycles. The minimum Gasteiger partial charge on any atom is -0.468 e. The van der Waals surface area contributed by atoms with Crippen molar-refractivity contribution < 1.29 is 19.1 Å². The second-order valence-corrected chi connectivity index (χ2v) is 7.77. The van der Waals surface area contributed by atoms with Crippen molar-refractivity contribution in [3.63, 3.8) is 0 Å². The van der Waals surface area contributed by atoms with Gasteiger partial charge < -0.3 is 15.4 Å². The molecule has 0 fully saturated rings. The SMILES string of the molecule is COC(=O)[C@@H]1C(=O)NC(SCC(=O)NCc2ccccc2)=C(C#N)[C@@H]1c1ccccc1. The van der Waals surface area contributed by atoms with Crippen molar-refractivity contribution in [1.29, 1.82) is 5.26 Å². The lowest BCUT2D eigenvalue weighted by Gasteiger charge is -2.30. The highest BCUT2D eigenvalue weighted by Crippen LogP contribution is 2.39. The number of hydrogen-bond donors (Lipinski definition) is 2. The van der Waals surface area contributed by atoms with E-state index in [1.807, 2.05) is 36.4 Å². The molecule has 2 atom stereocenters. The van der Waals surface area contributed by atoms with E-state index in [0.717, 1.165) is 17.3 Å². The van der Waals surface area contributed by atoms with Gasteiger partial charge in [-0.3, -0.25) is 14.4 Å². The van der Waals surface area contributed by atoms with Crippen LogP contribution in [0, 0.1) is 17.2 Å². The third-order valence-electron chi connectivity index (χ3n) is 4.82. The highest BCUT2D eigenvalue weighted by Gasteiger charge is 2.44. The third kappa shape index (κ3) is 5.32. The van der Waals surface area contributed by atoms with E-state index in [1.54, 1.807) is 24.3 Å². The van der Waals surface area contributed by atoms with Gasteiger partial charge in [-0.05, 0) is 11.1 Å². The van der Waals surface area contributed by atoms with Gasteiger partial charge in [0.25, 0.3) is 0 Å². The molecule has 0 unspecified atom stereocenters. The summed E-state index contributed by atoms with van der Waals surface area (Å²) in [4.78, 5) is 37.3. The molecule has 2 aromatic carbocycles. The molecule has 1 aliphatic rings. The largest absolute Gasteiger partial charge is 0.468 e. The van der Waals surface area contributed by atoms with Crippen LogP contribution in [0.5, 0.6) is 0 Å². The standard InChI is InChI=1S/C23H21N3O4S/c1-30-23(29)20-19(16-10-6-3-7-11-16)17(12-24)22(26-21(20)28)31-14-18(27)25-13-15-8-4-2-5-9-15/h2-11,19-20H,13-14H2,1H3,(H,25,27)(H,26,28)/t19-,20-/m0/s1. The topological polar surface area (TPSA) is 108 Å². The number of rotatable bonds is 7. The summed E-state index contributed by atoms with van der Waals surface area (Å²) in [5, 5.41) is 15.5. The maximum Gasteiger partial charge on any atom is 0.319 e. The van der Waals surface area contributed by atoms with Crippen LogP contribution in [-0.2, 0) is 25.7 Å². The molecule has 0 radical (unpaired) electrons. The number of allylic oxidation sites excluding steroid dienone is 1. The smallest absolute Gasteiger partial charge is 0.319 e. The van der Waals surface area contributed by atoms with Crippen LogP contribution in [0.25, 0.3) is 0 Å². The summed E-state index contributed by atoms with van der Waals surface area (Å²) in [6, 6.07) is 20.5. The van der Waals surface area contributed by atoms with Crippen LogP contribution < -0.4 is 10.6 Å². The molecule has 0 aliphatic carbocycles. The Labute approximate surface area is 184 Å². The van der Waals surface area contributed by atoms with Crippen LogP contribution in [0.15, 0.2) is 71.3 Å². The summed E-state index contributed by atoms with van der Waals surface area (Å²) < 4.78 is 4.81. The number of benzene rings is 2. The van der Waals surface area contributed by atoms with Crippen molar-refractivity contribution in [1.82, 2.24) is 10.6 Å². The lowest BCUT2D eigenvalue weighted by atomic mass is 9.78. The van der Waals surface area contributed by atoms with Crippen molar-refractivity contribution >= 4 is 29.5 Å². The number of nitrogens with one attached hydrogen (secondary N) is 2. The molecule has 8 heteroatoms. The number of amides is 2. The Kier molecular flexibility index (Phi) is 7.46. The fraction of sp³-hybridized carbons (Fsp3) is 0.217. The summed E-state index contributed by atoms with van der Waals surface area (Å²) in [5.41, 5.74) is 1.84. The van der Waals surface area contributed by atoms with Crippen LogP contribution in [0.3, 0.4) is 0 Å². The molecule has 0 spiro atoms. The lowest BCUT2D eigenvalue weighted by molar-refractivity contribution is -0.150. The van der Waals surface area contributed by atoms with Crippen LogP contribution in [0.1, 0.15) is 17.0 Å². The quantitative estimate of drug-likeness (QED) is 0.511. The Morgan fingerprint density at radius 2 is 1.77 bits per heavy atom. The molecule has 0 aromatic heterocycles. The first-order valence-electron chi connectivity index (χ1n) is 9.56. The molecule has 7 nitrogen and oxygen atoms in total. The van der Waals surface area contributed by atoms with Gasteiger partial charge in [-0.2, -0.15) is 5.26 Å². The molecule has 0 saturated carbocycles. The van der Waals surface area contributed by atoms with Crippen LogP contribution in [0.4, 0.5) is 0 Å². The Balaban J connectivity index is 1.80. The predicted molar refractivity (Wildman–Crippen MR) is 116 cm³/mol. The minimum atomic E-state index is -1.18. The fourth-order valence-corrected chi connectivity index (χ4v) is 4.20. The number of methoxy groups -OCH3 is 1. The molecule has 3 rings (SSSR count). The molecular weight excluding hydrogens is 414 g/mol. The van der Waals surface area contributed by atoms with Crippen molar-refractivity contribution in [2.24, 2.45) is 5.92 Å². The third-order valence-corrected chi connectivity index (χ3v) is 5.84. The van der Waals surface area contributed by atoms with Gasteiger partial charge in [0.15, 0.2) is 0 Å². The van der Waals surface area contributed by atoms with Crippen molar-refractivity contribution in [2.75, 3.05) is 12.9 Å². The van der Waals surface area contributed by atoms with E-state index in [2.05, 4.69) is 16.7 Å². The normalized spacial score (nSPS) is 18.0. The summed E-state index contributed by atoms with van der Waals surface area (Å²) in [7, 11) is 1.20. The first kappa shape index (κ1) is 22.1. The predicted octanol–water partition coefficient (Wildman–Crippen LogP) is 2.47. The highest BCUT2D eigenvalue weighted by atomic mass is 32.2. The van der Waals surface area contributed by atoms with E-state index in [-0.39, 0.29) is 22.3 Å². The van der Waals surface area contributed by atoms with Gasteiger partial charge in [0.05, 0.1) is 29.5 Å². The van der Waals surface area contributed by atoms with Gasteiger partial charge in [0.1, 0.15) is 5.92 Å². The zero-order chi connectivity index (χ0) is 22.2. The number of nitrogens with zero attached hydrogens (tertiary/aromatic N) is 1. The Hall–Kier alpha value is -3.57. The maximum atomic E-state index is 12.7. The summed E-state index contributed by atoms with van der Waals surface area (Å²) in [6.45, 7) is 0.383. The zero-order valence-corrected chi connectivity index (χ0v) is 17.6. The summed E-state index contributed by atoms with van der Waals surface area (Å²) in [6.07, 6.45) is 0. The van der Waals surface area contributed by atoms with Crippen LogP contribution >= 0.6 is 11.8 Å². The Morgan fingerprint density at radius 1 is 1.13 bits per heavy atom. The number of carbonyl (C=O) groups is 3. The number of nitriles is 1. The first-order chi connectivity index (χ1) is 15.0. The zero-order valence-electron chi connectivity index (χ0n) is 16.8. The van der Waals surface area contributed by atoms with Crippen molar-refractivity contribution in [3.8, 4) is 6.07 Å². The molecule has 158 valence electrons. The number of esters is 1. The van der Waals surface area contributed by atoms with E-state index in [1.165, 1.54) is 7.11 Å². The van der Waals surface area contributed by atoms with Crippen LogP contribution in [-0.4, -0.2) is 30.6 Å². The molecule has 2 amide bonds. The monoisotopic (exact) mass is 435 g/mol. The van der Waals surface area contributed by atoms with E-state index < -0.39 is 23.7 Å². The highest BCUT2D eigenvalue weighted by molar-refractivity contribution is 8.03. The average molecular weight is 436 g/mol. The Morgan fingerprint density at radius 3 is 2.39 bits per heavy atom. The molecular formula is C23H21N3O4S. The molecule has 1 aliphatic heterocycles. The van der Waals surface area contributed by atoms with Gasteiger partial charge in [0, 0.05) is 12.5 Å². The number of thioether (sulfide) groups is 1. The van der Waals surface area contributed by atoms with E-state index in [9.17, 15) is 19.6 Å². The summed E-state index contributed by atoms with van der Waals surface area (Å²) in [5.74, 6) is -3.48. The molecule has 2 N–H and O–H groups in total. The molecule has 0 saturated heterocycles. The van der Waals surface area contributed by atoms with E-state index in [0.29, 0.717) is 12.1 Å². The molecule has 0 bridgehead atoms. The second kappa shape index (κ2) is 10.5. The van der Waals surface area contributed by atoms with Gasteiger partial charge in [-0.1, -0.05) is 72.4 Å². The second-order valence-electron chi connectivity index (χ2n) is 6.78. The van der Waals surface area contributed by atoms with Crippen LogP contribution in [0.2, 0.25) is 0 Å². The lowest BCUT2D eigenvalue weighted by Crippen LogP contribution is -2.44. The number of hydrogen-bond acceptors (Lipinski definition) is 6. The van der Waals surface area contributed by atoms with Crippen molar-refractivity contribution in [3.05, 3.63) is 82.4 Å². The number of ether oxygens (including phenoxy) is 1. The van der Waals surface area contributed by atoms with Gasteiger partial charge in [0.2, 0.25) is 11.8 Å². The first-order valence-corrected chi connectivity index (χ1v) is 10.5. The van der Waals surface area contributed by atoms with Gasteiger partial charge in [-0.15, -0.1) is 0 Å². The average Bonchev–Trinajstić information content (AvgIpc) is 2.81. The van der Waals surface area contributed by atoms with Crippen molar-refractivity contribution in [2.45, 2.75) is 12.5 Å². The summed E-state index contributed by atoms with van der Waals surface area (Å²) >= 11 is 1.06.